The highest BCUT2D eigenvalue weighted by Crippen LogP contribution is 2.45. The van der Waals surface area contributed by atoms with Gasteiger partial charge in [0.2, 0.25) is 0 Å². The standard InChI is InChI=1S/C50H30O/c1-3-11-38-32(9-1)19-22-36-29-37(24-26-39(36)38)49-43-15-7-5-13-41(43)48(42-14-6-8-16-44(42)49)34-20-17-31(18-21-34)35-25-28-47-46(30-35)45-27-23-33-10-2-4-12-40(33)50(45)51-47/h1-30H/i5D,6D,7D,8D,13D,14D,15D,16D. The van der Waals surface area contributed by atoms with Crippen LogP contribution in [-0.2, 0) is 0 Å². The molecule has 0 atom stereocenters. The van der Waals surface area contributed by atoms with Gasteiger partial charge in [-0.1, -0.05) is 158 Å². The predicted molar refractivity (Wildman–Crippen MR) is 218 cm³/mol. The smallest absolute Gasteiger partial charge is 0.143 e. The minimum atomic E-state index is -0.426. The summed E-state index contributed by atoms with van der Waals surface area (Å²) in [6, 6.07) is 41.0. The molecule has 11 aromatic rings. The van der Waals surface area contributed by atoms with Gasteiger partial charge in [0, 0.05) is 16.2 Å². The highest BCUT2D eigenvalue weighted by atomic mass is 16.3. The Kier molecular flexibility index (Phi) is 4.57. The van der Waals surface area contributed by atoms with Gasteiger partial charge in [-0.15, -0.1) is 0 Å². The Morgan fingerprint density at radius 3 is 1.57 bits per heavy atom. The van der Waals surface area contributed by atoms with Crippen LogP contribution in [0.2, 0.25) is 0 Å². The van der Waals surface area contributed by atoms with Gasteiger partial charge in [0.15, 0.2) is 0 Å². The number of hydrogen-bond donors (Lipinski definition) is 0. The predicted octanol–water partition coefficient (Wildman–Crippen LogP) is 14.4. The molecule has 0 saturated carbocycles. The van der Waals surface area contributed by atoms with Crippen LogP contribution in [0.4, 0.5) is 0 Å². The van der Waals surface area contributed by atoms with Crippen LogP contribution in [0.1, 0.15) is 11.0 Å². The molecule has 0 bridgehead atoms. The maximum Gasteiger partial charge on any atom is 0.143 e. The molecule has 1 aromatic heterocycles. The molecule has 11 rings (SSSR count). The van der Waals surface area contributed by atoms with Crippen molar-refractivity contribution in [2.75, 3.05) is 0 Å². The monoisotopic (exact) mass is 654 g/mol. The van der Waals surface area contributed by atoms with Crippen LogP contribution in [0.25, 0.3) is 109 Å². The molecule has 236 valence electrons. The maximum absolute atomic E-state index is 9.35. The molecule has 0 aliphatic rings. The third kappa shape index (κ3) is 4.28. The Morgan fingerprint density at radius 2 is 0.843 bits per heavy atom. The second kappa shape index (κ2) is 10.9. The van der Waals surface area contributed by atoms with Crippen molar-refractivity contribution in [3.05, 3.63) is 182 Å². The van der Waals surface area contributed by atoms with E-state index < -0.39 is 24.2 Å². The zero-order valence-electron chi connectivity index (χ0n) is 35.1. The largest absolute Gasteiger partial charge is 0.455 e. The Labute approximate surface area is 305 Å². The molecule has 0 aliphatic carbocycles. The van der Waals surface area contributed by atoms with E-state index in [0.717, 1.165) is 65.4 Å². The maximum atomic E-state index is 9.35. The molecule has 0 N–H and O–H groups in total. The third-order valence-corrected chi connectivity index (χ3v) is 10.3. The molecule has 0 saturated heterocycles. The molecule has 1 heteroatoms. The van der Waals surface area contributed by atoms with Crippen molar-refractivity contribution in [2.45, 2.75) is 0 Å². The van der Waals surface area contributed by atoms with Crippen molar-refractivity contribution in [1.29, 1.82) is 0 Å². The molecule has 1 nitrogen and oxygen atoms in total. The topological polar surface area (TPSA) is 13.1 Å². The molecule has 0 radical (unpaired) electrons. The summed E-state index contributed by atoms with van der Waals surface area (Å²) in [5.74, 6) is 0. The van der Waals surface area contributed by atoms with E-state index in [1.807, 2.05) is 97.1 Å². The minimum Gasteiger partial charge on any atom is -0.455 e. The fraction of sp³-hybridized carbons (Fsp3) is 0. The summed E-state index contributed by atoms with van der Waals surface area (Å²) in [6.07, 6.45) is 0. The molecule has 10 aromatic carbocycles. The SMILES string of the molecule is [2H]c1c([2H])c([2H])c2c(-c3ccc4c(ccc5ccccc54)c3)c3c([2H])c([2H])c([2H])c([2H])c3c(-c3ccc(-c4ccc5oc6c7ccccc7ccc6c5c4)cc3)c2c1[2H]. The number of rotatable bonds is 3. The van der Waals surface area contributed by atoms with Crippen molar-refractivity contribution < 1.29 is 15.4 Å². The summed E-state index contributed by atoms with van der Waals surface area (Å²) in [7, 11) is 0. The molecule has 1 heterocycles. The van der Waals surface area contributed by atoms with E-state index in [1.165, 1.54) is 0 Å². The zero-order valence-corrected chi connectivity index (χ0v) is 27.1. The summed E-state index contributed by atoms with van der Waals surface area (Å²) in [5.41, 5.74) is 5.22. The van der Waals surface area contributed by atoms with Gasteiger partial charge < -0.3 is 4.42 Å². The van der Waals surface area contributed by atoms with Crippen LogP contribution in [0, 0.1) is 0 Å². The van der Waals surface area contributed by atoms with E-state index in [2.05, 4.69) is 36.4 Å². The number of furan rings is 1. The number of fused-ring (bicyclic) bond motifs is 10. The summed E-state index contributed by atoms with van der Waals surface area (Å²) < 4.78 is 79.0. The average molecular weight is 655 g/mol. The van der Waals surface area contributed by atoms with Crippen LogP contribution < -0.4 is 0 Å². The van der Waals surface area contributed by atoms with Crippen LogP contribution >= 0.6 is 0 Å². The first-order valence-electron chi connectivity index (χ1n) is 20.9. The van der Waals surface area contributed by atoms with Crippen molar-refractivity contribution in [3.63, 3.8) is 0 Å². The summed E-state index contributed by atoms with van der Waals surface area (Å²) >= 11 is 0. The van der Waals surface area contributed by atoms with Gasteiger partial charge in [-0.25, -0.2) is 0 Å². The van der Waals surface area contributed by atoms with Gasteiger partial charge in [-0.2, -0.15) is 0 Å². The molecule has 0 aliphatic heterocycles. The highest BCUT2D eigenvalue weighted by Gasteiger charge is 2.18. The third-order valence-electron chi connectivity index (χ3n) is 10.3. The molecule has 0 unspecified atom stereocenters. The average Bonchev–Trinajstić information content (AvgIpc) is 3.66. The number of benzene rings is 10. The quantitative estimate of drug-likeness (QED) is 0.136. The normalized spacial score (nSPS) is 14.1. The lowest BCUT2D eigenvalue weighted by Crippen LogP contribution is -1.91. The van der Waals surface area contributed by atoms with Gasteiger partial charge in [-0.05, 0) is 106 Å². The number of hydrogen-bond acceptors (Lipinski definition) is 1. The molecule has 0 fully saturated rings. The molecular formula is C50H30O. The molecular weight excluding hydrogens is 617 g/mol. The van der Waals surface area contributed by atoms with Crippen LogP contribution in [-0.4, -0.2) is 0 Å². The van der Waals surface area contributed by atoms with Crippen LogP contribution in [0.15, 0.2) is 186 Å². The Morgan fingerprint density at radius 1 is 0.333 bits per heavy atom. The first-order valence-corrected chi connectivity index (χ1v) is 16.9. The Hall–Kier alpha value is -6.70. The zero-order chi connectivity index (χ0) is 40.4. The van der Waals surface area contributed by atoms with E-state index in [4.69, 9.17) is 9.90 Å². The van der Waals surface area contributed by atoms with E-state index in [-0.39, 0.29) is 45.7 Å². The van der Waals surface area contributed by atoms with Crippen molar-refractivity contribution in [3.8, 4) is 33.4 Å². The van der Waals surface area contributed by atoms with E-state index in [9.17, 15) is 5.48 Å². The van der Waals surface area contributed by atoms with Gasteiger partial charge >= 0.3 is 0 Å². The van der Waals surface area contributed by atoms with Crippen molar-refractivity contribution in [2.24, 2.45) is 0 Å². The van der Waals surface area contributed by atoms with E-state index >= 15 is 0 Å². The van der Waals surface area contributed by atoms with Crippen LogP contribution in [0.3, 0.4) is 0 Å². The van der Waals surface area contributed by atoms with Gasteiger partial charge in [0.05, 0.1) is 11.0 Å². The second-order valence-corrected chi connectivity index (χ2v) is 13.0. The first kappa shape index (κ1) is 21.4. The van der Waals surface area contributed by atoms with Gasteiger partial charge in [0.25, 0.3) is 0 Å². The van der Waals surface area contributed by atoms with E-state index in [1.54, 1.807) is 0 Å². The Bertz CT molecular complexity index is 3560. The summed E-state index contributed by atoms with van der Waals surface area (Å²) in [5, 5.41) is 8.91. The molecule has 0 spiro atoms. The van der Waals surface area contributed by atoms with Crippen molar-refractivity contribution >= 4 is 75.8 Å². The first-order chi connectivity index (χ1) is 28.6. The summed E-state index contributed by atoms with van der Waals surface area (Å²) in [4.78, 5) is 0. The lowest BCUT2D eigenvalue weighted by Gasteiger charge is -2.18. The lowest BCUT2D eigenvalue weighted by atomic mass is 9.85. The lowest BCUT2D eigenvalue weighted by molar-refractivity contribution is 0.672. The van der Waals surface area contributed by atoms with E-state index in [0.29, 0.717) is 22.3 Å². The van der Waals surface area contributed by atoms with Crippen LogP contribution in [0.5, 0.6) is 0 Å². The van der Waals surface area contributed by atoms with Gasteiger partial charge in [0.1, 0.15) is 11.2 Å². The summed E-state index contributed by atoms with van der Waals surface area (Å²) in [6.45, 7) is 0. The van der Waals surface area contributed by atoms with Gasteiger partial charge in [-0.3, -0.25) is 0 Å². The highest BCUT2D eigenvalue weighted by molar-refractivity contribution is 6.22. The minimum absolute atomic E-state index is 0.188. The fourth-order valence-corrected chi connectivity index (χ4v) is 7.88. The Balaban J connectivity index is 1.18. The van der Waals surface area contributed by atoms with Crippen molar-refractivity contribution in [1.82, 2.24) is 0 Å². The fourth-order valence-electron chi connectivity index (χ4n) is 7.88. The molecule has 51 heavy (non-hydrogen) atoms. The second-order valence-electron chi connectivity index (χ2n) is 13.0. The molecule has 0 amide bonds.